The van der Waals surface area contributed by atoms with E-state index in [-0.39, 0.29) is 34.7 Å². The third-order valence-corrected chi connectivity index (χ3v) is 23.7. The summed E-state index contributed by atoms with van der Waals surface area (Å²) in [6, 6.07) is 74.1. The van der Waals surface area contributed by atoms with Crippen LogP contribution in [0.3, 0.4) is 0 Å². The van der Waals surface area contributed by atoms with Crippen LogP contribution in [0.15, 0.2) is 218 Å². The van der Waals surface area contributed by atoms with E-state index in [9.17, 15) is 0 Å². The Hall–Kier alpha value is -11.3. The highest BCUT2D eigenvalue weighted by atomic mass is 16.1. The first kappa shape index (κ1) is 79.7. The van der Waals surface area contributed by atoms with E-state index in [2.05, 4.69) is 151 Å². The molecule has 0 saturated heterocycles. The van der Waals surface area contributed by atoms with Gasteiger partial charge >= 0.3 is 0 Å². The maximum Gasteiger partial charge on any atom is 0.193 e. The molecule has 1 aliphatic rings. The fourth-order valence-electron chi connectivity index (χ4n) is 18.8. The predicted molar refractivity (Wildman–Crippen MR) is 463 cm³/mol. The van der Waals surface area contributed by atoms with Gasteiger partial charge in [0.05, 0.1) is 0 Å². The van der Waals surface area contributed by atoms with Crippen molar-refractivity contribution >= 4 is 34.7 Å². The topological polar surface area (TPSA) is 102 Å². The summed E-state index contributed by atoms with van der Waals surface area (Å²) in [6.45, 7) is 37.3. The number of carbonyl (C=O) groups is 6. The van der Waals surface area contributed by atoms with E-state index < -0.39 is 35.5 Å². The van der Waals surface area contributed by atoms with Gasteiger partial charge < -0.3 is 0 Å². The van der Waals surface area contributed by atoms with Crippen LogP contribution in [-0.4, -0.2) is 34.7 Å². The first-order valence-electron chi connectivity index (χ1n) is 40.7. The highest BCUT2D eigenvalue weighted by molar-refractivity contribution is 6.14. The Morgan fingerprint density at radius 3 is 0.504 bits per heavy atom. The molecule has 0 aromatic heterocycles. The van der Waals surface area contributed by atoms with Crippen molar-refractivity contribution in [2.75, 3.05) is 0 Å². The molecular weight excluding hydrogens is 1380 g/mol. The van der Waals surface area contributed by atoms with E-state index in [0.717, 1.165) is 134 Å². The van der Waals surface area contributed by atoms with E-state index in [1.54, 1.807) is 0 Å². The zero-order valence-corrected chi connectivity index (χ0v) is 69.2. The number of fused-ring (bicyclic) bond motifs is 12. The maximum atomic E-state index is 15.9. The second kappa shape index (κ2) is 33.2. The molecule has 570 valence electrons. The van der Waals surface area contributed by atoms with Crippen LogP contribution in [0.2, 0.25) is 0 Å². The Bertz CT molecular complexity index is 5700. The fourth-order valence-corrected chi connectivity index (χ4v) is 18.8. The van der Waals surface area contributed by atoms with E-state index in [1.807, 2.05) is 192 Å². The van der Waals surface area contributed by atoms with Crippen LogP contribution < -0.4 is 0 Å². The summed E-state index contributed by atoms with van der Waals surface area (Å²) in [5, 5.41) is 0. The lowest BCUT2D eigenvalue weighted by molar-refractivity contribution is 0.102. The normalized spacial score (nSPS) is 16.1. The Balaban J connectivity index is 1.15. The van der Waals surface area contributed by atoms with Crippen molar-refractivity contribution in [1.29, 1.82) is 0 Å². The zero-order valence-electron chi connectivity index (χ0n) is 69.2. The van der Waals surface area contributed by atoms with Gasteiger partial charge in [-0.2, -0.15) is 0 Å². The fraction of sp³-hybridized carbons (Fsp3) is 0.271. The average molecular weight is 1490 g/mol. The molecule has 6 atom stereocenters. The molecule has 0 N–H and O–H groups in total. The van der Waals surface area contributed by atoms with Crippen LogP contribution in [0.1, 0.15) is 338 Å². The van der Waals surface area contributed by atoms with Gasteiger partial charge in [0.15, 0.2) is 34.7 Å². The van der Waals surface area contributed by atoms with Gasteiger partial charge in [0.1, 0.15) is 0 Å². The Kier molecular flexibility index (Phi) is 23.4. The molecule has 6 unspecified atom stereocenters. The lowest BCUT2D eigenvalue weighted by Gasteiger charge is -2.28. The van der Waals surface area contributed by atoms with Gasteiger partial charge in [-0.1, -0.05) is 254 Å². The second-order valence-electron chi connectivity index (χ2n) is 32.8. The monoisotopic (exact) mass is 1490 g/mol. The molecule has 0 fully saturated rings. The molecule has 12 aromatic carbocycles. The molecule has 0 amide bonds. The molecule has 0 radical (unpaired) electrons. The third kappa shape index (κ3) is 16.4. The minimum absolute atomic E-state index is 0.101. The number of aryl methyl sites for hydroxylation is 12. The standard InChI is InChI=1S/C107H106O6/c1-19-85-74-25-31-90(102(108)79-42-60(6)36-61(7)43-79)96(55-74)72(18)73-24-30-91(103(109)80-44-62(8)37-63(9)45-80)97(54-73)86(20-2)75-26-32-93(105(111)82-48-66(12)39-67(13)49-82)99(56-75)88(22-4)77-28-34-95(107(113)84-52-70(16)41-71(17)53-84)101(58-77)89(23-5)78-29-35-94(106(112)83-50-68(14)40-69(15)51-83)100(59-78)87(21-3)76-27-33-92(98(85)57-76)104(110)81-46-64(10)38-65(11)47-81/h24-59,72,85-89H,19-23H2,1-18H3. The molecule has 0 saturated carbocycles. The maximum absolute atomic E-state index is 15.9. The minimum atomic E-state index is -0.444. The predicted octanol–water partition coefficient (Wildman–Crippen LogP) is 25.9. The van der Waals surface area contributed by atoms with E-state index >= 15 is 28.8 Å². The quantitative estimate of drug-likeness (QED) is 0.0842. The number of benzene rings is 12. The van der Waals surface area contributed by atoms with Crippen LogP contribution in [-0.2, 0) is 0 Å². The molecule has 0 heterocycles. The number of rotatable bonds is 17. The number of hydrogen-bond donors (Lipinski definition) is 0. The lowest BCUT2D eigenvalue weighted by Crippen LogP contribution is -2.17. The molecule has 12 bridgehead atoms. The highest BCUT2D eigenvalue weighted by Crippen LogP contribution is 2.46. The van der Waals surface area contributed by atoms with Crippen molar-refractivity contribution in [2.45, 2.75) is 192 Å². The van der Waals surface area contributed by atoms with Gasteiger partial charge in [0.25, 0.3) is 0 Å². The zero-order chi connectivity index (χ0) is 80.7. The number of hydrogen-bond acceptors (Lipinski definition) is 6. The third-order valence-electron chi connectivity index (χ3n) is 23.7. The Morgan fingerprint density at radius 1 is 0.195 bits per heavy atom. The summed E-state index contributed by atoms with van der Waals surface area (Å²) in [5.74, 6) is -3.03. The lowest BCUT2D eigenvalue weighted by atomic mass is 9.75. The van der Waals surface area contributed by atoms with Crippen molar-refractivity contribution < 1.29 is 28.8 Å². The molecule has 12 aromatic rings. The Labute approximate surface area is 670 Å². The van der Waals surface area contributed by atoms with Crippen LogP contribution in [0.5, 0.6) is 0 Å². The second-order valence-corrected chi connectivity index (χ2v) is 32.8. The van der Waals surface area contributed by atoms with Crippen LogP contribution in [0.25, 0.3) is 0 Å². The van der Waals surface area contributed by atoms with Crippen molar-refractivity contribution in [3.8, 4) is 0 Å². The van der Waals surface area contributed by atoms with Crippen LogP contribution >= 0.6 is 0 Å². The van der Waals surface area contributed by atoms with Gasteiger partial charge in [0.2, 0.25) is 0 Å². The number of carbonyl (C=O) groups excluding carboxylic acids is 6. The van der Waals surface area contributed by atoms with Gasteiger partial charge in [-0.15, -0.1) is 0 Å². The number of ketones is 6. The summed E-state index contributed by atoms with van der Waals surface area (Å²) in [4.78, 5) is 95.1. The largest absolute Gasteiger partial charge is 0.289 e. The molecule has 113 heavy (non-hydrogen) atoms. The summed E-state index contributed by atoms with van der Waals surface area (Å²) < 4.78 is 0. The summed E-state index contributed by atoms with van der Waals surface area (Å²) >= 11 is 0. The van der Waals surface area contributed by atoms with E-state index in [4.69, 9.17) is 0 Å². The first-order valence-corrected chi connectivity index (χ1v) is 40.7. The summed E-state index contributed by atoms with van der Waals surface area (Å²) in [7, 11) is 0. The molecule has 6 nitrogen and oxygen atoms in total. The molecule has 1 aliphatic carbocycles. The van der Waals surface area contributed by atoms with Gasteiger partial charge in [-0.25, -0.2) is 0 Å². The van der Waals surface area contributed by atoms with E-state index in [0.29, 0.717) is 98.9 Å². The van der Waals surface area contributed by atoms with Crippen molar-refractivity contribution in [2.24, 2.45) is 0 Å². The minimum Gasteiger partial charge on any atom is -0.289 e. The summed E-state index contributed by atoms with van der Waals surface area (Å²) in [6.07, 6.45) is 2.88. The van der Waals surface area contributed by atoms with E-state index in [1.165, 1.54) is 0 Å². The molecule has 13 rings (SSSR count). The molecule has 6 heteroatoms. The van der Waals surface area contributed by atoms with Crippen molar-refractivity contribution in [3.63, 3.8) is 0 Å². The highest BCUT2D eigenvalue weighted by Gasteiger charge is 2.34. The molecule has 0 spiro atoms. The van der Waals surface area contributed by atoms with Crippen LogP contribution in [0, 0.1) is 83.1 Å². The molecule has 0 aliphatic heterocycles. The van der Waals surface area contributed by atoms with Gasteiger partial charge in [-0.3, -0.25) is 28.8 Å². The van der Waals surface area contributed by atoms with Crippen molar-refractivity contribution in [3.05, 3.63) is 419 Å². The SMILES string of the molecule is CCC1c2ccc(C(=O)c3cc(C)cc(C)c3)c(c2)C(CC)c2ccc(C(=O)c3cc(C)cc(C)c3)c(c2)C(CC)c2ccc(C(=O)c3cc(C)cc(C)c3)c(c2)C(CC)c2ccc(C(=O)c3cc(C)cc(C)c3)c(c2)C(CC)c2ccc(C(=O)c3cc(C)cc(C)c3)c(c2)C(C)c2ccc(C(=O)c3cc(C)cc(C)c3)c1c2. The van der Waals surface area contributed by atoms with Gasteiger partial charge in [-0.05, 0) is 255 Å². The first-order chi connectivity index (χ1) is 54.0. The van der Waals surface area contributed by atoms with Crippen LogP contribution in [0.4, 0.5) is 0 Å². The summed E-state index contributed by atoms with van der Waals surface area (Å²) in [5.41, 5.74) is 29.2. The van der Waals surface area contributed by atoms with Crippen molar-refractivity contribution in [1.82, 2.24) is 0 Å². The average Bonchev–Trinajstić information content (AvgIpc) is 0.762. The van der Waals surface area contributed by atoms with Gasteiger partial charge in [0, 0.05) is 102 Å². The smallest absolute Gasteiger partial charge is 0.193 e. The molecular formula is C107H106O6. The Morgan fingerprint density at radius 2 is 0.336 bits per heavy atom.